The summed E-state index contributed by atoms with van der Waals surface area (Å²) in [7, 11) is 0. The van der Waals surface area contributed by atoms with Crippen LogP contribution in [-0.4, -0.2) is 34.7 Å². The fraction of sp³-hybridized carbons (Fsp3) is 0.385. The largest absolute Gasteiger partial charge is 0.478 e. The molecule has 1 aliphatic rings. The average Bonchev–Trinajstić information content (AvgIpc) is 3.19. The maximum atomic E-state index is 11.8. The zero-order valence-corrected chi connectivity index (χ0v) is 12.5. The lowest BCUT2D eigenvalue weighted by atomic mass is 10.2. The summed E-state index contributed by atoms with van der Waals surface area (Å²) in [4.78, 5) is 22.9. The number of rotatable bonds is 5. The predicted octanol–water partition coefficient (Wildman–Crippen LogP) is 3.06. The van der Waals surface area contributed by atoms with Gasteiger partial charge in [0.05, 0.1) is 11.3 Å². The molecule has 0 atom stereocenters. The Labute approximate surface area is 126 Å². The van der Waals surface area contributed by atoms with Gasteiger partial charge in [0.1, 0.15) is 0 Å². The number of carboxylic acids is 1. The first-order valence-electron chi connectivity index (χ1n) is 6.09. The molecule has 0 unspecified atom stereocenters. The lowest BCUT2D eigenvalue weighted by Gasteiger charge is -2.14. The van der Waals surface area contributed by atoms with Gasteiger partial charge in [-0.2, -0.15) is 11.8 Å². The molecule has 108 valence electrons. The van der Waals surface area contributed by atoms with Crippen LogP contribution in [-0.2, 0) is 0 Å². The summed E-state index contributed by atoms with van der Waals surface area (Å²) < 4.78 is 0.160. The summed E-state index contributed by atoms with van der Waals surface area (Å²) in [6.45, 7) is 0.579. The summed E-state index contributed by atoms with van der Waals surface area (Å²) in [6.07, 6.45) is 4.21. The molecule has 0 aliphatic heterocycles. The first kappa shape index (κ1) is 15.0. The van der Waals surface area contributed by atoms with Crippen LogP contribution in [0.1, 0.15) is 23.2 Å². The number of amides is 2. The second kappa shape index (κ2) is 5.93. The van der Waals surface area contributed by atoms with E-state index in [4.69, 9.17) is 16.7 Å². The van der Waals surface area contributed by atoms with Gasteiger partial charge in [-0.15, -0.1) is 0 Å². The molecule has 0 heterocycles. The third-order valence-corrected chi connectivity index (χ3v) is 4.93. The predicted molar refractivity (Wildman–Crippen MR) is 80.9 cm³/mol. The monoisotopic (exact) mass is 314 g/mol. The molecule has 0 radical (unpaired) electrons. The third-order valence-electron chi connectivity index (χ3n) is 3.27. The Bertz CT molecular complexity index is 546. The number of anilines is 1. The van der Waals surface area contributed by atoms with Crippen LogP contribution in [0, 0.1) is 0 Å². The number of aromatic carboxylic acids is 1. The Hall–Kier alpha value is -1.40. The molecule has 1 aromatic rings. The lowest BCUT2D eigenvalue weighted by Crippen LogP contribution is -2.35. The molecule has 1 fully saturated rings. The molecule has 2 amide bonds. The van der Waals surface area contributed by atoms with E-state index in [1.165, 1.54) is 18.2 Å². The van der Waals surface area contributed by atoms with Crippen LogP contribution in [0.3, 0.4) is 0 Å². The van der Waals surface area contributed by atoms with Crippen molar-refractivity contribution in [3.63, 3.8) is 0 Å². The van der Waals surface area contributed by atoms with Gasteiger partial charge in [-0.3, -0.25) is 0 Å². The Morgan fingerprint density at radius 1 is 1.45 bits per heavy atom. The van der Waals surface area contributed by atoms with Crippen molar-refractivity contribution < 1.29 is 14.7 Å². The highest BCUT2D eigenvalue weighted by molar-refractivity contribution is 8.00. The number of hydrogen-bond acceptors (Lipinski definition) is 3. The molecule has 3 N–H and O–H groups in total. The summed E-state index contributed by atoms with van der Waals surface area (Å²) in [6, 6.07) is 3.92. The minimum Gasteiger partial charge on any atom is -0.478 e. The maximum Gasteiger partial charge on any atom is 0.337 e. The number of urea groups is 1. The molecule has 0 bridgehead atoms. The summed E-state index contributed by atoms with van der Waals surface area (Å²) in [5.74, 6) is -1.13. The second-order valence-electron chi connectivity index (χ2n) is 4.69. The van der Waals surface area contributed by atoms with Gasteiger partial charge in [-0.05, 0) is 37.3 Å². The fourth-order valence-electron chi connectivity index (χ4n) is 1.80. The van der Waals surface area contributed by atoms with Gasteiger partial charge in [0.2, 0.25) is 0 Å². The SMILES string of the molecule is CSC1(CNC(=O)Nc2ccc(Cl)cc2C(=O)O)CC1. The van der Waals surface area contributed by atoms with Crippen LogP contribution in [0.2, 0.25) is 5.02 Å². The Kier molecular flexibility index (Phi) is 4.45. The Morgan fingerprint density at radius 3 is 2.70 bits per heavy atom. The molecule has 1 aromatic carbocycles. The minimum absolute atomic E-state index is 0.0290. The van der Waals surface area contributed by atoms with E-state index in [1.807, 2.05) is 6.26 Å². The summed E-state index contributed by atoms with van der Waals surface area (Å²) >= 11 is 7.49. The molecule has 1 saturated carbocycles. The number of hydrogen-bond donors (Lipinski definition) is 3. The van der Waals surface area contributed by atoms with Crippen LogP contribution < -0.4 is 10.6 Å². The van der Waals surface area contributed by atoms with Gasteiger partial charge in [0.25, 0.3) is 0 Å². The molecular formula is C13H15ClN2O3S. The van der Waals surface area contributed by atoms with Crippen LogP contribution in [0.5, 0.6) is 0 Å². The first-order valence-corrected chi connectivity index (χ1v) is 7.69. The summed E-state index contributed by atoms with van der Waals surface area (Å²) in [5, 5.41) is 14.7. The topological polar surface area (TPSA) is 78.4 Å². The van der Waals surface area contributed by atoms with Crippen molar-refractivity contribution in [2.24, 2.45) is 0 Å². The van der Waals surface area contributed by atoms with Crippen molar-refractivity contribution in [1.82, 2.24) is 5.32 Å². The number of carboxylic acid groups (broad SMARTS) is 1. The van der Waals surface area contributed by atoms with Crippen molar-refractivity contribution >= 4 is 41.1 Å². The highest BCUT2D eigenvalue weighted by atomic mass is 35.5. The standard InChI is InChI=1S/C13H15ClN2O3S/c1-20-13(4-5-13)7-15-12(19)16-10-3-2-8(14)6-9(10)11(17)18/h2-3,6H,4-5,7H2,1H3,(H,17,18)(H2,15,16,19). The van der Waals surface area contributed by atoms with E-state index >= 15 is 0 Å². The van der Waals surface area contributed by atoms with Gasteiger partial charge < -0.3 is 15.7 Å². The number of carbonyl (C=O) groups is 2. The van der Waals surface area contributed by atoms with Crippen LogP contribution in [0.15, 0.2) is 18.2 Å². The van der Waals surface area contributed by atoms with E-state index in [0.29, 0.717) is 11.6 Å². The normalized spacial score (nSPS) is 15.5. The molecule has 1 aliphatic carbocycles. The molecular weight excluding hydrogens is 300 g/mol. The number of thioether (sulfide) groups is 1. The molecule has 2 rings (SSSR count). The Morgan fingerprint density at radius 2 is 2.15 bits per heavy atom. The zero-order chi connectivity index (χ0) is 14.8. The van der Waals surface area contributed by atoms with E-state index in [-0.39, 0.29) is 16.0 Å². The summed E-state index contributed by atoms with van der Waals surface area (Å²) in [5.41, 5.74) is 0.201. The van der Waals surface area contributed by atoms with Crippen molar-refractivity contribution in [3.05, 3.63) is 28.8 Å². The van der Waals surface area contributed by atoms with E-state index in [0.717, 1.165) is 12.8 Å². The van der Waals surface area contributed by atoms with E-state index < -0.39 is 12.0 Å². The van der Waals surface area contributed by atoms with Crippen LogP contribution in [0.25, 0.3) is 0 Å². The van der Waals surface area contributed by atoms with E-state index in [9.17, 15) is 9.59 Å². The Balaban J connectivity index is 1.99. The van der Waals surface area contributed by atoms with Crippen molar-refractivity contribution in [3.8, 4) is 0 Å². The molecule has 0 saturated heterocycles. The first-order chi connectivity index (χ1) is 9.46. The van der Waals surface area contributed by atoms with Crippen molar-refractivity contribution in [1.29, 1.82) is 0 Å². The molecule has 0 spiro atoms. The highest BCUT2D eigenvalue weighted by Gasteiger charge is 2.41. The van der Waals surface area contributed by atoms with Gasteiger partial charge in [-0.1, -0.05) is 11.6 Å². The van der Waals surface area contributed by atoms with E-state index in [1.54, 1.807) is 11.8 Å². The number of halogens is 1. The molecule has 0 aromatic heterocycles. The quantitative estimate of drug-likeness (QED) is 0.780. The number of benzene rings is 1. The van der Waals surface area contributed by atoms with E-state index in [2.05, 4.69) is 10.6 Å². The average molecular weight is 315 g/mol. The molecule has 7 heteroatoms. The zero-order valence-electron chi connectivity index (χ0n) is 10.9. The highest BCUT2D eigenvalue weighted by Crippen LogP contribution is 2.46. The van der Waals surface area contributed by atoms with Gasteiger partial charge in [0, 0.05) is 16.3 Å². The van der Waals surface area contributed by atoms with Crippen molar-refractivity contribution in [2.45, 2.75) is 17.6 Å². The van der Waals surface area contributed by atoms with Gasteiger partial charge in [-0.25, -0.2) is 9.59 Å². The molecule has 20 heavy (non-hydrogen) atoms. The third kappa shape index (κ3) is 3.58. The second-order valence-corrected chi connectivity index (χ2v) is 6.40. The number of nitrogens with one attached hydrogen (secondary N) is 2. The number of carbonyl (C=O) groups excluding carboxylic acids is 1. The van der Waals surface area contributed by atoms with Crippen LogP contribution >= 0.6 is 23.4 Å². The minimum atomic E-state index is -1.13. The van der Waals surface area contributed by atoms with Gasteiger partial charge >= 0.3 is 12.0 Å². The van der Waals surface area contributed by atoms with Crippen molar-refractivity contribution in [2.75, 3.05) is 18.1 Å². The van der Waals surface area contributed by atoms with Gasteiger partial charge in [0.15, 0.2) is 0 Å². The molecule has 5 nitrogen and oxygen atoms in total. The smallest absolute Gasteiger partial charge is 0.337 e. The maximum absolute atomic E-state index is 11.8. The fourth-order valence-corrected chi connectivity index (χ4v) is 2.70. The van der Waals surface area contributed by atoms with Crippen LogP contribution in [0.4, 0.5) is 10.5 Å². The lowest BCUT2D eigenvalue weighted by molar-refractivity contribution is 0.0698.